The largest absolute Gasteiger partial charge is 0.454 e. The Morgan fingerprint density at radius 3 is 2.41 bits per heavy atom. The Morgan fingerprint density at radius 1 is 1.00 bits per heavy atom. The normalized spacial score (nSPS) is 15.9. The van der Waals surface area contributed by atoms with Crippen LogP contribution in [0, 0.1) is 0 Å². The molecule has 39 heavy (non-hydrogen) atoms. The Balaban J connectivity index is 1.59. The molecule has 1 unspecified atom stereocenters. The van der Waals surface area contributed by atoms with Gasteiger partial charge in [0.25, 0.3) is 0 Å². The van der Waals surface area contributed by atoms with Crippen LogP contribution in [-0.4, -0.2) is 62.9 Å². The smallest absolute Gasteiger partial charge is 0.244 e. The van der Waals surface area contributed by atoms with E-state index in [0.29, 0.717) is 36.6 Å². The van der Waals surface area contributed by atoms with E-state index in [4.69, 9.17) is 9.47 Å². The standard InChI is InChI=1S/C29H39N3O6S/c1-3-25(29(34)30-23-13-9-6-10-14-23)31(18-17-22-11-7-5-8-12-22)28(33)20-32(39(35,36)4-2)24-15-16-26-27(19-24)38-21-37-26/h5,7-8,11-12,15-16,19,23,25H,3-4,6,9-10,13-14,17-18,20-21H2,1-2H3,(H,30,34). The molecule has 1 fully saturated rings. The van der Waals surface area contributed by atoms with E-state index >= 15 is 0 Å². The first-order valence-corrected chi connectivity index (χ1v) is 15.5. The number of nitrogens with one attached hydrogen (secondary N) is 1. The number of benzene rings is 2. The maximum atomic E-state index is 13.9. The molecule has 2 amide bonds. The molecule has 10 heteroatoms. The third kappa shape index (κ3) is 7.23. The molecule has 0 saturated heterocycles. The number of amides is 2. The third-order valence-electron chi connectivity index (χ3n) is 7.45. The van der Waals surface area contributed by atoms with Gasteiger partial charge in [0.1, 0.15) is 12.6 Å². The maximum absolute atomic E-state index is 13.9. The lowest BCUT2D eigenvalue weighted by atomic mass is 9.95. The van der Waals surface area contributed by atoms with Gasteiger partial charge in [-0.15, -0.1) is 0 Å². The average Bonchev–Trinajstić information content (AvgIpc) is 3.43. The minimum Gasteiger partial charge on any atom is -0.454 e. The highest BCUT2D eigenvalue weighted by Gasteiger charge is 2.33. The topological polar surface area (TPSA) is 105 Å². The number of anilines is 1. The molecule has 0 radical (unpaired) electrons. The van der Waals surface area contributed by atoms with E-state index in [1.54, 1.807) is 30.0 Å². The molecule has 9 nitrogen and oxygen atoms in total. The van der Waals surface area contributed by atoms with Gasteiger partial charge in [-0.3, -0.25) is 13.9 Å². The van der Waals surface area contributed by atoms with Gasteiger partial charge in [0, 0.05) is 18.7 Å². The van der Waals surface area contributed by atoms with Crippen molar-refractivity contribution in [3.8, 4) is 11.5 Å². The van der Waals surface area contributed by atoms with Crippen LogP contribution < -0.4 is 19.1 Å². The zero-order chi connectivity index (χ0) is 27.8. The van der Waals surface area contributed by atoms with Gasteiger partial charge in [-0.2, -0.15) is 0 Å². The third-order valence-corrected chi connectivity index (χ3v) is 9.19. The highest BCUT2D eigenvalue weighted by atomic mass is 32.2. The van der Waals surface area contributed by atoms with Crippen LogP contribution in [-0.2, 0) is 26.0 Å². The summed E-state index contributed by atoms with van der Waals surface area (Å²) in [5, 5.41) is 3.16. The Hall–Kier alpha value is -3.27. The van der Waals surface area contributed by atoms with Crippen molar-refractivity contribution < 1.29 is 27.5 Å². The number of ether oxygens (including phenoxy) is 2. The van der Waals surface area contributed by atoms with Crippen molar-refractivity contribution >= 4 is 27.5 Å². The zero-order valence-corrected chi connectivity index (χ0v) is 23.6. The fourth-order valence-electron chi connectivity index (χ4n) is 5.20. The summed E-state index contributed by atoms with van der Waals surface area (Å²) in [7, 11) is -3.81. The molecular formula is C29H39N3O6S. The number of fused-ring (bicyclic) bond motifs is 1. The SMILES string of the molecule is CCC(C(=O)NC1CCCCC1)N(CCc1ccccc1)C(=O)CN(c1ccc2c(c1)OCO2)S(=O)(=O)CC. The molecule has 2 aliphatic rings. The number of rotatable bonds is 12. The fraction of sp³-hybridized carbons (Fsp3) is 0.517. The molecular weight excluding hydrogens is 518 g/mol. The fourth-order valence-corrected chi connectivity index (χ4v) is 6.25. The molecule has 0 spiro atoms. The second kappa shape index (κ2) is 13.2. The number of hydrogen-bond acceptors (Lipinski definition) is 6. The predicted octanol–water partition coefficient (Wildman–Crippen LogP) is 3.87. The van der Waals surface area contributed by atoms with Crippen molar-refractivity contribution in [3.63, 3.8) is 0 Å². The summed E-state index contributed by atoms with van der Waals surface area (Å²) in [6.07, 6.45) is 6.18. The van der Waals surface area contributed by atoms with Crippen LogP contribution in [0.15, 0.2) is 48.5 Å². The summed E-state index contributed by atoms with van der Waals surface area (Å²) in [5.74, 6) is 0.160. The minimum absolute atomic E-state index is 0.0554. The van der Waals surface area contributed by atoms with Gasteiger partial charge in [0.15, 0.2) is 11.5 Å². The summed E-state index contributed by atoms with van der Waals surface area (Å²) in [6, 6.07) is 14.0. The van der Waals surface area contributed by atoms with Gasteiger partial charge in [-0.1, -0.05) is 56.5 Å². The van der Waals surface area contributed by atoms with Crippen LogP contribution in [0.1, 0.15) is 57.9 Å². The summed E-state index contributed by atoms with van der Waals surface area (Å²) in [6.45, 7) is 3.35. The molecule has 1 N–H and O–H groups in total. The van der Waals surface area contributed by atoms with Crippen LogP contribution >= 0.6 is 0 Å². The van der Waals surface area contributed by atoms with E-state index < -0.39 is 28.5 Å². The first kappa shape index (κ1) is 28.7. The predicted molar refractivity (Wildman–Crippen MR) is 150 cm³/mol. The Labute approximate surface area is 231 Å². The number of nitrogens with zero attached hydrogens (tertiary/aromatic N) is 2. The van der Waals surface area contributed by atoms with Gasteiger partial charge >= 0.3 is 0 Å². The molecule has 212 valence electrons. The summed E-state index contributed by atoms with van der Waals surface area (Å²) in [4.78, 5) is 28.9. The molecule has 1 atom stereocenters. The molecule has 1 aliphatic carbocycles. The quantitative estimate of drug-likeness (QED) is 0.425. The van der Waals surface area contributed by atoms with Crippen molar-refractivity contribution in [1.82, 2.24) is 10.2 Å². The van der Waals surface area contributed by atoms with Gasteiger partial charge in [-0.05, 0) is 50.3 Å². The first-order valence-electron chi connectivity index (χ1n) is 13.9. The van der Waals surface area contributed by atoms with Gasteiger partial charge in [0.05, 0.1) is 11.4 Å². The molecule has 0 aromatic heterocycles. The van der Waals surface area contributed by atoms with Crippen molar-refractivity contribution in [3.05, 3.63) is 54.1 Å². The summed E-state index contributed by atoms with van der Waals surface area (Å²) < 4.78 is 38.3. The maximum Gasteiger partial charge on any atom is 0.244 e. The van der Waals surface area contributed by atoms with Gasteiger partial charge in [-0.25, -0.2) is 8.42 Å². The lowest BCUT2D eigenvalue weighted by molar-refractivity contribution is -0.140. The molecule has 1 heterocycles. The zero-order valence-electron chi connectivity index (χ0n) is 22.8. The van der Waals surface area contributed by atoms with Gasteiger partial charge in [0.2, 0.25) is 28.6 Å². The lowest BCUT2D eigenvalue weighted by Gasteiger charge is -2.34. The van der Waals surface area contributed by atoms with Crippen LogP contribution in [0.5, 0.6) is 11.5 Å². The number of carbonyl (C=O) groups is 2. The van der Waals surface area contributed by atoms with Crippen LogP contribution in [0.25, 0.3) is 0 Å². The second-order valence-corrected chi connectivity index (χ2v) is 12.2. The lowest BCUT2D eigenvalue weighted by Crippen LogP contribution is -2.54. The minimum atomic E-state index is -3.81. The number of sulfonamides is 1. The first-order chi connectivity index (χ1) is 18.8. The Bertz CT molecular complexity index is 1230. The highest BCUT2D eigenvalue weighted by molar-refractivity contribution is 7.92. The molecule has 1 aliphatic heterocycles. The number of hydrogen-bond donors (Lipinski definition) is 1. The second-order valence-electron chi connectivity index (χ2n) is 10.0. The summed E-state index contributed by atoms with van der Waals surface area (Å²) >= 11 is 0. The van der Waals surface area contributed by atoms with Crippen LogP contribution in [0.3, 0.4) is 0 Å². The highest BCUT2D eigenvalue weighted by Crippen LogP contribution is 2.36. The molecule has 2 aromatic carbocycles. The molecule has 2 aromatic rings. The van der Waals surface area contributed by atoms with E-state index in [1.807, 2.05) is 37.3 Å². The van der Waals surface area contributed by atoms with Crippen LogP contribution in [0.2, 0.25) is 0 Å². The van der Waals surface area contributed by atoms with Crippen molar-refractivity contribution in [2.75, 3.05) is 29.9 Å². The van der Waals surface area contributed by atoms with Crippen molar-refractivity contribution in [2.24, 2.45) is 0 Å². The molecule has 4 rings (SSSR count). The van der Waals surface area contributed by atoms with E-state index in [9.17, 15) is 18.0 Å². The van der Waals surface area contributed by atoms with Crippen LogP contribution in [0.4, 0.5) is 5.69 Å². The average molecular weight is 558 g/mol. The van der Waals surface area contributed by atoms with E-state index in [-0.39, 0.29) is 24.5 Å². The number of carbonyl (C=O) groups excluding carboxylic acids is 2. The van der Waals surface area contributed by atoms with Crippen molar-refractivity contribution in [2.45, 2.75) is 70.9 Å². The Kier molecular flexibility index (Phi) is 9.72. The van der Waals surface area contributed by atoms with E-state index in [0.717, 1.165) is 35.6 Å². The van der Waals surface area contributed by atoms with Gasteiger partial charge < -0.3 is 19.7 Å². The molecule has 0 bridgehead atoms. The van der Waals surface area contributed by atoms with E-state index in [1.165, 1.54) is 6.42 Å². The Morgan fingerprint density at radius 2 is 1.72 bits per heavy atom. The monoisotopic (exact) mass is 557 g/mol. The summed E-state index contributed by atoms with van der Waals surface area (Å²) in [5.41, 5.74) is 1.35. The molecule has 1 saturated carbocycles. The van der Waals surface area contributed by atoms with E-state index in [2.05, 4.69) is 5.32 Å². The van der Waals surface area contributed by atoms with Crippen molar-refractivity contribution in [1.29, 1.82) is 0 Å².